The molecule has 150 valence electrons. The molecule has 1 aromatic heterocycles. The highest BCUT2D eigenvalue weighted by Gasteiger charge is 2.28. The first-order valence-corrected chi connectivity index (χ1v) is 10.1. The highest BCUT2D eigenvalue weighted by Crippen LogP contribution is 2.35. The van der Waals surface area contributed by atoms with Crippen LogP contribution in [0.25, 0.3) is 10.9 Å². The van der Waals surface area contributed by atoms with Crippen molar-refractivity contribution in [2.24, 2.45) is 0 Å². The molecule has 0 bridgehead atoms. The fourth-order valence-electron chi connectivity index (χ4n) is 3.51. The summed E-state index contributed by atoms with van der Waals surface area (Å²) < 4.78 is 1.78. The molecule has 1 N–H and O–H groups in total. The van der Waals surface area contributed by atoms with Gasteiger partial charge in [0.2, 0.25) is 5.91 Å². The standard InChI is InChI=1S/C22H23ClN4O2/c1-26(2)19-10-7-14(23)13-18(19)25-21(28)12-11-20-24-17-6-4-3-5-16(17)22(29)27(20)15-8-9-15/h3-7,10,13,15H,8-9,11-12H2,1-2H3,(H,25,28). The van der Waals surface area contributed by atoms with Crippen molar-refractivity contribution in [1.29, 1.82) is 0 Å². The first kappa shape index (κ1) is 19.5. The van der Waals surface area contributed by atoms with E-state index < -0.39 is 0 Å². The third kappa shape index (κ3) is 4.12. The maximum Gasteiger partial charge on any atom is 0.261 e. The number of carbonyl (C=O) groups is 1. The van der Waals surface area contributed by atoms with Crippen molar-refractivity contribution in [2.75, 3.05) is 24.3 Å². The molecule has 0 unspecified atom stereocenters. The van der Waals surface area contributed by atoms with Gasteiger partial charge in [0.15, 0.2) is 0 Å². The highest BCUT2D eigenvalue weighted by atomic mass is 35.5. The minimum Gasteiger partial charge on any atom is -0.376 e. The molecule has 6 nitrogen and oxygen atoms in total. The third-order valence-electron chi connectivity index (χ3n) is 5.08. The van der Waals surface area contributed by atoms with Gasteiger partial charge in [-0.3, -0.25) is 14.2 Å². The summed E-state index contributed by atoms with van der Waals surface area (Å²) in [7, 11) is 3.82. The zero-order chi connectivity index (χ0) is 20.5. The molecule has 1 aliphatic carbocycles. The average molecular weight is 411 g/mol. The number of aromatic nitrogens is 2. The van der Waals surface area contributed by atoms with Gasteiger partial charge in [-0.1, -0.05) is 23.7 Å². The molecule has 1 amide bonds. The SMILES string of the molecule is CN(C)c1ccc(Cl)cc1NC(=O)CCc1nc2ccccc2c(=O)n1C1CC1. The second kappa shape index (κ2) is 7.87. The van der Waals surface area contributed by atoms with Crippen molar-refractivity contribution >= 4 is 39.8 Å². The molecule has 0 radical (unpaired) electrons. The van der Waals surface area contributed by atoms with Crippen molar-refractivity contribution < 1.29 is 4.79 Å². The Morgan fingerprint density at radius 2 is 2.00 bits per heavy atom. The zero-order valence-electron chi connectivity index (χ0n) is 16.5. The van der Waals surface area contributed by atoms with E-state index in [-0.39, 0.29) is 23.9 Å². The normalized spacial score (nSPS) is 13.5. The molecule has 1 fully saturated rings. The predicted molar refractivity (Wildman–Crippen MR) is 117 cm³/mol. The maximum absolute atomic E-state index is 12.9. The number of hydrogen-bond acceptors (Lipinski definition) is 4. The number of aryl methyl sites for hydroxylation is 1. The van der Waals surface area contributed by atoms with E-state index >= 15 is 0 Å². The first-order chi connectivity index (χ1) is 13.9. The van der Waals surface area contributed by atoms with Crippen LogP contribution in [-0.2, 0) is 11.2 Å². The van der Waals surface area contributed by atoms with Crippen LogP contribution in [0.15, 0.2) is 47.3 Å². The van der Waals surface area contributed by atoms with Gasteiger partial charge in [0.1, 0.15) is 5.82 Å². The van der Waals surface area contributed by atoms with Crippen molar-refractivity contribution in [3.8, 4) is 0 Å². The number of halogens is 1. The van der Waals surface area contributed by atoms with Crippen LogP contribution in [0.3, 0.4) is 0 Å². The van der Waals surface area contributed by atoms with E-state index in [2.05, 4.69) is 10.3 Å². The number of carbonyl (C=O) groups excluding carboxylic acids is 1. The van der Waals surface area contributed by atoms with Crippen LogP contribution >= 0.6 is 11.6 Å². The number of amides is 1. The quantitative estimate of drug-likeness (QED) is 0.666. The topological polar surface area (TPSA) is 67.2 Å². The van der Waals surface area contributed by atoms with E-state index in [0.717, 1.165) is 18.5 Å². The van der Waals surface area contributed by atoms with Crippen molar-refractivity contribution in [2.45, 2.75) is 31.7 Å². The summed E-state index contributed by atoms with van der Waals surface area (Å²) in [5, 5.41) is 4.13. The van der Waals surface area contributed by atoms with Gasteiger partial charge in [-0.2, -0.15) is 0 Å². The van der Waals surface area contributed by atoms with Gasteiger partial charge in [0, 0.05) is 38.0 Å². The van der Waals surface area contributed by atoms with E-state index in [4.69, 9.17) is 11.6 Å². The summed E-state index contributed by atoms with van der Waals surface area (Å²) in [6.45, 7) is 0. The minimum atomic E-state index is -0.139. The Hall–Kier alpha value is -2.86. The largest absolute Gasteiger partial charge is 0.376 e. The fraction of sp³-hybridized carbons (Fsp3) is 0.318. The Bertz CT molecular complexity index is 1140. The van der Waals surface area contributed by atoms with Crippen LogP contribution in [-0.4, -0.2) is 29.6 Å². The van der Waals surface area contributed by atoms with Gasteiger partial charge in [0.25, 0.3) is 5.56 Å². The summed E-state index contributed by atoms with van der Waals surface area (Å²) >= 11 is 6.10. The fourth-order valence-corrected chi connectivity index (χ4v) is 3.69. The molecule has 0 saturated heterocycles. The van der Waals surface area contributed by atoms with Crippen LogP contribution in [0.1, 0.15) is 31.1 Å². The van der Waals surface area contributed by atoms with E-state index in [9.17, 15) is 9.59 Å². The number of hydrogen-bond donors (Lipinski definition) is 1. The average Bonchev–Trinajstić information content (AvgIpc) is 3.51. The number of rotatable bonds is 6. The van der Waals surface area contributed by atoms with Gasteiger partial charge < -0.3 is 10.2 Å². The molecule has 1 saturated carbocycles. The predicted octanol–water partition coefficient (Wildman–Crippen LogP) is 4.02. The second-order valence-corrected chi connectivity index (χ2v) is 7.99. The molecule has 0 aliphatic heterocycles. The molecule has 7 heteroatoms. The molecule has 0 spiro atoms. The summed E-state index contributed by atoms with van der Waals surface area (Å²) in [5.41, 5.74) is 2.20. The Balaban J connectivity index is 1.56. The van der Waals surface area contributed by atoms with E-state index in [1.807, 2.05) is 49.3 Å². The maximum atomic E-state index is 12.9. The summed E-state index contributed by atoms with van der Waals surface area (Å²) in [6.07, 6.45) is 2.60. The highest BCUT2D eigenvalue weighted by molar-refractivity contribution is 6.31. The molecule has 0 atom stereocenters. The molecular formula is C22H23ClN4O2. The molecular weight excluding hydrogens is 388 g/mol. The number of anilines is 2. The van der Waals surface area contributed by atoms with Gasteiger partial charge >= 0.3 is 0 Å². The number of fused-ring (bicyclic) bond motifs is 1. The smallest absolute Gasteiger partial charge is 0.261 e. The lowest BCUT2D eigenvalue weighted by atomic mass is 10.2. The zero-order valence-corrected chi connectivity index (χ0v) is 17.2. The van der Waals surface area contributed by atoms with E-state index in [1.165, 1.54) is 0 Å². The monoisotopic (exact) mass is 410 g/mol. The van der Waals surface area contributed by atoms with Crippen LogP contribution in [0.5, 0.6) is 0 Å². The van der Waals surface area contributed by atoms with Crippen LogP contribution in [0.2, 0.25) is 5.02 Å². The number of nitrogens with one attached hydrogen (secondary N) is 1. The van der Waals surface area contributed by atoms with Crippen molar-refractivity contribution in [1.82, 2.24) is 9.55 Å². The van der Waals surface area contributed by atoms with Gasteiger partial charge in [-0.05, 0) is 43.2 Å². The van der Waals surface area contributed by atoms with E-state index in [0.29, 0.717) is 33.9 Å². The van der Waals surface area contributed by atoms with Gasteiger partial charge in [0.05, 0.1) is 22.3 Å². The molecule has 4 rings (SSSR count). The molecule has 2 aromatic carbocycles. The lowest BCUT2D eigenvalue weighted by molar-refractivity contribution is -0.116. The lowest BCUT2D eigenvalue weighted by Crippen LogP contribution is -2.25. The second-order valence-electron chi connectivity index (χ2n) is 7.56. The Morgan fingerprint density at radius 3 is 2.72 bits per heavy atom. The minimum absolute atomic E-state index is 0.0155. The van der Waals surface area contributed by atoms with Gasteiger partial charge in [-0.25, -0.2) is 4.98 Å². The summed E-state index contributed by atoms with van der Waals surface area (Å²) in [6, 6.07) is 13.0. The summed E-state index contributed by atoms with van der Waals surface area (Å²) in [5.74, 6) is 0.533. The number of para-hydroxylation sites is 1. The molecule has 29 heavy (non-hydrogen) atoms. The third-order valence-corrected chi connectivity index (χ3v) is 5.32. The Labute approximate surface area is 174 Å². The summed E-state index contributed by atoms with van der Waals surface area (Å²) in [4.78, 5) is 32.2. The number of benzene rings is 2. The number of nitrogens with zero attached hydrogens (tertiary/aromatic N) is 3. The Kier molecular flexibility index (Phi) is 5.28. The molecule has 1 aliphatic rings. The van der Waals surface area contributed by atoms with Crippen LogP contribution in [0, 0.1) is 0 Å². The van der Waals surface area contributed by atoms with Crippen molar-refractivity contribution in [3.63, 3.8) is 0 Å². The molecule has 1 heterocycles. The molecule has 3 aromatic rings. The Morgan fingerprint density at radius 1 is 1.24 bits per heavy atom. The van der Waals surface area contributed by atoms with Gasteiger partial charge in [-0.15, -0.1) is 0 Å². The van der Waals surface area contributed by atoms with Crippen LogP contribution in [0.4, 0.5) is 11.4 Å². The lowest BCUT2D eigenvalue weighted by Gasteiger charge is -2.18. The van der Waals surface area contributed by atoms with E-state index in [1.54, 1.807) is 16.7 Å². The first-order valence-electron chi connectivity index (χ1n) is 9.71. The van der Waals surface area contributed by atoms with Crippen LogP contribution < -0.4 is 15.8 Å². The van der Waals surface area contributed by atoms with Crippen molar-refractivity contribution in [3.05, 3.63) is 63.7 Å².